The number of hydrogen-bond acceptors (Lipinski definition) is 6. The van der Waals surface area contributed by atoms with Gasteiger partial charge < -0.3 is 9.32 Å². The van der Waals surface area contributed by atoms with Gasteiger partial charge in [-0.05, 0) is 36.4 Å². The van der Waals surface area contributed by atoms with Crippen molar-refractivity contribution in [2.24, 2.45) is 0 Å². The molecular formula is C16H15N3O2S2. The highest BCUT2D eigenvalue weighted by atomic mass is 32.1. The van der Waals surface area contributed by atoms with Crippen LogP contribution in [0.25, 0.3) is 10.8 Å². The molecule has 5 nitrogen and oxygen atoms in total. The molecule has 23 heavy (non-hydrogen) atoms. The van der Waals surface area contributed by atoms with E-state index in [0.29, 0.717) is 5.92 Å². The third kappa shape index (κ3) is 2.94. The predicted molar refractivity (Wildman–Crippen MR) is 89.8 cm³/mol. The summed E-state index contributed by atoms with van der Waals surface area (Å²) in [4.78, 5) is 15.1. The van der Waals surface area contributed by atoms with Crippen LogP contribution in [0.1, 0.15) is 33.4 Å². The van der Waals surface area contributed by atoms with E-state index < -0.39 is 0 Å². The fourth-order valence-electron chi connectivity index (χ4n) is 2.78. The lowest BCUT2D eigenvalue weighted by atomic mass is 9.97. The monoisotopic (exact) mass is 345 g/mol. The third-order valence-corrected chi connectivity index (χ3v) is 5.99. The molecule has 0 N–H and O–H groups in total. The highest BCUT2D eigenvalue weighted by Crippen LogP contribution is 2.34. The highest BCUT2D eigenvalue weighted by Gasteiger charge is 2.27. The van der Waals surface area contributed by atoms with Crippen LogP contribution in [-0.4, -0.2) is 34.1 Å². The van der Waals surface area contributed by atoms with Crippen LogP contribution in [0.5, 0.6) is 0 Å². The molecule has 4 rings (SSSR count). The molecule has 0 aliphatic carbocycles. The number of aromatic nitrogens is 2. The van der Waals surface area contributed by atoms with Gasteiger partial charge >= 0.3 is 0 Å². The summed E-state index contributed by atoms with van der Waals surface area (Å²) in [5.41, 5.74) is 0. The fraction of sp³-hybridized carbons (Fsp3) is 0.312. The normalized spacial score (nSPS) is 15.9. The van der Waals surface area contributed by atoms with E-state index in [1.807, 2.05) is 34.5 Å². The van der Waals surface area contributed by atoms with Crippen molar-refractivity contribution < 1.29 is 9.21 Å². The first-order valence-electron chi connectivity index (χ1n) is 7.51. The molecule has 1 aliphatic heterocycles. The Balaban J connectivity index is 1.41. The summed E-state index contributed by atoms with van der Waals surface area (Å²) in [6.07, 6.45) is 3.51. The van der Waals surface area contributed by atoms with Crippen LogP contribution in [0.2, 0.25) is 0 Å². The molecule has 4 heterocycles. The average Bonchev–Trinajstić information content (AvgIpc) is 3.36. The van der Waals surface area contributed by atoms with Gasteiger partial charge in [-0.2, -0.15) is 0 Å². The zero-order valence-corrected chi connectivity index (χ0v) is 14.0. The van der Waals surface area contributed by atoms with Crippen molar-refractivity contribution in [3.63, 3.8) is 0 Å². The molecule has 1 amide bonds. The van der Waals surface area contributed by atoms with Crippen LogP contribution < -0.4 is 0 Å². The van der Waals surface area contributed by atoms with Crippen LogP contribution in [0.3, 0.4) is 0 Å². The van der Waals surface area contributed by atoms with Gasteiger partial charge in [0, 0.05) is 19.0 Å². The Bertz CT molecular complexity index is 772. The number of likely N-dealkylation sites (tertiary alicyclic amines) is 1. The van der Waals surface area contributed by atoms with E-state index in [0.717, 1.165) is 46.6 Å². The number of hydrogen-bond donors (Lipinski definition) is 0. The zero-order valence-electron chi connectivity index (χ0n) is 12.3. The molecule has 0 spiro atoms. The predicted octanol–water partition coefficient (Wildman–Crippen LogP) is 3.88. The molecular weight excluding hydrogens is 330 g/mol. The average molecular weight is 345 g/mol. The van der Waals surface area contributed by atoms with Crippen molar-refractivity contribution in [1.29, 1.82) is 0 Å². The Morgan fingerprint density at radius 2 is 2.09 bits per heavy atom. The molecule has 1 aliphatic rings. The van der Waals surface area contributed by atoms with Crippen molar-refractivity contribution >= 4 is 28.6 Å². The number of carbonyl (C=O) groups excluding carboxylic acids is 1. The van der Waals surface area contributed by atoms with Gasteiger partial charge in [-0.15, -0.1) is 21.5 Å². The van der Waals surface area contributed by atoms with E-state index in [-0.39, 0.29) is 5.91 Å². The number of thiophene rings is 1. The zero-order chi connectivity index (χ0) is 15.6. The van der Waals surface area contributed by atoms with Crippen LogP contribution in [0.15, 0.2) is 40.3 Å². The minimum atomic E-state index is 0.145. The molecule has 118 valence electrons. The summed E-state index contributed by atoms with van der Waals surface area (Å²) < 4.78 is 5.37. The van der Waals surface area contributed by atoms with Crippen molar-refractivity contribution in [3.05, 3.63) is 45.8 Å². The standard InChI is InChI=1S/C16H15N3O2S2/c20-16(13-4-2-10-22-13)19-7-5-11(6-8-19)14-17-18-15(23-14)12-3-1-9-21-12/h1-4,9-11H,5-8H2. The summed E-state index contributed by atoms with van der Waals surface area (Å²) >= 11 is 3.09. The highest BCUT2D eigenvalue weighted by molar-refractivity contribution is 7.14. The molecule has 0 unspecified atom stereocenters. The van der Waals surface area contributed by atoms with Gasteiger partial charge in [-0.1, -0.05) is 17.4 Å². The van der Waals surface area contributed by atoms with Crippen LogP contribution in [-0.2, 0) is 0 Å². The Morgan fingerprint density at radius 3 is 2.78 bits per heavy atom. The molecule has 3 aromatic heterocycles. The Labute approximate surface area is 141 Å². The lowest BCUT2D eigenvalue weighted by Crippen LogP contribution is -2.37. The Kier molecular flexibility index (Phi) is 3.97. The fourth-order valence-corrected chi connectivity index (χ4v) is 4.46. The largest absolute Gasteiger partial charge is 0.462 e. The van der Waals surface area contributed by atoms with Crippen molar-refractivity contribution in [2.45, 2.75) is 18.8 Å². The van der Waals surface area contributed by atoms with Gasteiger partial charge in [0.15, 0.2) is 10.8 Å². The van der Waals surface area contributed by atoms with Gasteiger partial charge in [0.05, 0.1) is 11.1 Å². The second-order valence-electron chi connectivity index (χ2n) is 5.47. The molecule has 1 fully saturated rings. The van der Waals surface area contributed by atoms with Crippen LogP contribution >= 0.6 is 22.7 Å². The summed E-state index contributed by atoms with van der Waals surface area (Å²) in [6, 6.07) is 7.55. The maximum Gasteiger partial charge on any atom is 0.263 e. The molecule has 7 heteroatoms. The molecule has 0 radical (unpaired) electrons. The first-order chi connectivity index (χ1) is 11.3. The Morgan fingerprint density at radius 1 is 1.22 bits per heavy atom. The summed E-state index contributed by atoms with van der Waals surface area (Å²) in [5, 5.41) is 12.4. The SMILES string of the molecule is O=C(c1cccs1)N1CCC(c2nnc(-c3ccco3)s2)CC1. The number of carbonyl (C=O) groups is 1. The summed E-state index contributed by atoms with van der Waals surface area (Å²) in [5.74, 6) is 1.29. The number of furan rings is 1. The number of nitrogens with zero attached hydrogens (tertiary/aromatic N) is 3. The smallest absolute Gasteiger partial charge is 0.263 e. The quantitative estimate of drug-likeness (QED) is 0.723. The molecule has 0 saturated carbocycles. The lowest BCUT2D eigenvalue weighted by molar-refractivity contribution is 0.0718. The van der Waals surface area contributed by atoms with Gasteiger partial charge in [-0.3, -0.25) is 4.79 Å². The van der Waals surface area contributed by atoms with Gasteiger partial charge in [0.2, 0.25) is 0 Å². The second-order valence-corrected chi connectivity index (χ2v) is 7.42. The maximum atomic E-state index is 12.4. The molecule has 3 aromatic rings. The number of amides is 1. The van der Waals surface area contributed by atoms with Crippen LogP contribution in [0, 0.1) is 0 Å². The molecule has 1 saturated heterocycles. The van der Waals surface area contributed by atoms with Gasteiger partial charge in [0.1, 0.15) is 5.01 Å². The third-order valence-electron chi connectivity index (χ3n) is 4.04. The molecule has 0 atom stereocenters. The summed E-state index contributed by atoms with van der Waals surface area (Å²) in [6.45, 7) is 1.55. The first kappa shape index (κ1) is 14.6. The van der Waals surface area contributed by atoms with Crippen molar-refractivity contribution in [1.82, 2.24) is 15.1 Å². The van der Waals surface area contributed by atoms with E-state index >= 15 is 0 Å². The summed E-state index contributed by atoms with van der Waals surface area (Å²) in [7, 11) is 0. The Hall–Kier alpha value is -1.99. The van der Waals surface area contributed by atoms with E-state index in [9.17, 15) is 4.79 Å². The topological polar surface area (TPSA) is 59.2 Å². The molecule has 0 bridgehead atoms. The van der Waals surface area contributed by atoms with Gasteiger partial charge in [-0.25, -0.2) is 0 Å². The van der Waals surface area contributed by atoms with E-state index in [1.165, 1.54) is 11.3 Å². The first-order valence-corrected chi connectivity index (χ1v) is 9.21. The minimum absolute atomic E-state index is 0.145. The second kappa shape index (κ2) is 6.25. The number of piperidine rings is 1. The van der Waals surface area contributed by atoms with Gasteiger partial charge in [0.25, 0.3) is 5.91 Å². The number of rotatable bonds is 3. The van der Waals surface area contributed by atoms with E-state index in [4.69, 9.17) is 4.42 Å². The van der Waals surface area contributed by atoms with Crippen LogP contribution in [0.4, 0.5) is 0 Å². The van der Waals surface area contributed by atoms with E-state index in [2.05, 4.69) is 10.2 Å². The van der Waals surface area contributed by atoms with E-state index in [1.54, 1.807) is 17.6 Å². The lowest BCUT2D eigenvalue weighted by Gasteiger charge is -2.30. The van der Waals surface area contributed by atoms with Crippen molar-refractivity contribution in [3.8, 4) is 10.8 Å². The molecule has 0 aromatic carbocycles. The van der Waals surface area contributed by atoms with Crippen molar-refractivity contribution in [2.75, 3.05) is 13.1 Å². The minimum Gasteiger partial charge on any atom is -0.462 e. The maximum absolute atomic E-state index is 12.4.